The van der Waals surface area contributed by atoms with E-state index in [4.69, 9.17) is 29.4 Å². The number of hydrogen-bond acceptors (Lipinski definition) is 9. The monoisotopic (exact) mass is 876 g/mol. The van der Waals surface area contributed by atoms with Gasteiger partial charge in [-0.1, -0.05) is 18.2 Å². The topological polar surface area (TPSA) is 174 Å². The Hall–Kier alpha value is -2.77. The first-order valence-electron chi connectivity index (χ1n) is 15.5. The largest absolute Gasteiger partial charge is 0.632 e. The van der Waals surface area contributed by atoms with Crippen LogP contribution >= 0.6 is 0 Å². The fourth-order valence-electron chi connectivity index (χ4n) is 5.14. The van der Waals surface area contributed by atoms with Crippen molar-refractivity contribution in [2.24, 2.45) is 0 Å². The van der Waals surface area contributed by atoms with Crippen molar-refractivity contribution < 1.29 is 82.5 Å². The van der Waals surface area contributed by atoms with E-state index in [2.05, 4.69) is 16.0 Å². The van der Waals surface area contributed by atoms with Crippen molar-refractivity contribution in [3.8, 4) is 11.1 Å². The summed E-state index contributed by atoms with van der Waals surface area (Å²) in [5, 5.41) is 8.55. The van der Waals surface area contributed by atoms with Gasteiger partial charge in [0.1, 0.15) is 6.61 Å². The fraction of sp³-hybridized carbons (Fsp3) is 0.515. The van der Waals surface area contributed by atoms with E-state index in [1.165, 1.54) is 0 Å². The molecule has 0 aromatic heterocycles. The molecule has 1 atom stereocenters. The van der Waals surface area contributed by atoms with Gasteiger partial charge in [-0.15, -0.1) is 0 Å². The molecule has 0 heterocycles. The Morgan fingerprint density at radius 3 is 2.06 bits per heavy atom. The summed E-state index contributed by atoms with van der Waals surface area (Å²) < 4.78 is 26.0. The molecule has 0 saturated carbocycles. The van der Waals surface area contributed by atoms with Crippen LogP contribution in [0.4, 0.5) is 10.5 Å². The number of ether oxygens (including phenoxy) is 5. The standard InChI is InChI=1S/C33H46N4O9.V.W/c1-42-15-5-17-44-19-13-35-29(38)9-4-10-30(39)37-23-11-12-25-27(21-23)28(22-46-33(34)41)24-7-3-8-26(31(24)25)32(40)36-14-20-45-18-6-16-43-2;;/h3,7-8,11-12,21,28H,4-6,9-10,13-20,22H2,1-2H3,(H5,34,35,36,37,38,39,40,41);;/p-1. The van der Waals surface area contributed by atoms with Crippen molar-refractivity contribution in [1.82, 2.24) is 10.6 Å². The van der Waals surface area contributed by atoms with Crippen LogP contribution in [0.15, 0.2) is 36.4 Å². The van der Waals surface area contributed by atoms with Crippen molar-refractivity contribution in [3.05, 3.63) is 58.8 Å². The van der Waals surface area contributed by atoms with Gasteiger partial charge in [-0.2, -0.15) is 0 Å². The summed E-state index contributed by atoms with van der Waals surface area (Å²) in [5.74, 6) is -1.09. The number of benzene rings is 2. The maximum Gasteiger partial charge on any atom is 0.252 e. The van der Waals surface area contributed by atoms with Crippen LogP contribution < -0.4 is 16.0 Å². The van der Waals surface area contributed by atoms with Crippen molar-refractivity contribution in [2.75, 3.05) is 78.9 Å². The van der Waals surface area contributed by atoms with Gasteiger partial charge in [0.15, 0.2) is 0 Å². The van der Waals surface area contributed by atoms with Crippen LogP contribution in [0.2, 0.25) is 0 Å². The van der Waals surface area contributed by atoms with Gasteiger partial charge in [-0.05, 0) is 59.7 Å². The normalized spacial score (nSPS) is 12.5. The molecule has 2 aromatic carbocycles. The molecule has 1 aliphatic carbocycles. The number of amides is 4. The number of methoxy groups -OCH3 is 2. The number of fused-ring (bicyclic) bond motifs is 3. The summed E-state index contributed by atoms with van der Waals surface area (Å²) in [5.41, 5.74) is 11.3. The molecule has 13 nitrogen and oxygen atoms in total. The van der Waals surface area contributed by atoms with E-state index < -0.39 is 12.0 Å². The molecule has 48 heavy (non-hydrogen) atoms. The predicted molar refractivity (Wildman–Crippen MR) is 172 cm³/mol. The Bertz CT molecular complexity index is 1320. The predicted octanol–water partition coefficient (Wildman–Crippen LogP) is 4.04. The van der Waals surface area contributed by atoms with E-state index in [0.717, 1.165) is 29.5 Å². The number of rotatable bonds is 22. The molecule has 1 radical (unpaired) electrons. The number of carbonyl (C=O) groups is 4. The molecule has 1 aliphatic rings. The number of carbonyl (C=O) groups excluding carboxylic acids is 4. The summed E-state index contributed by atoms with van der Waals surface area (Å²) in [4.78, 5) is 49.4. The van der Waals surface area contributed by atoms with Crippen LogP contribution in [0.5, 0.6) is 0 Å². The van der Waals surface area contributed by atoms with Gasteiger partial charge < -0.3 is 45.4 Å². The zero-order chi connectivity index (χ0) is 33.1. The zero-order valence-electron chi connectivity index (χ0n) is 27.5. The van der Waals surface area contributed by atoms with Crippen molar-refractivity contribution in [1.29, 1.82) is 0 Å². The summed E-state index contributed by atoms with van der Waals surface area (Å²) in [6.45, 7) is 3.76. The van der Waals surface area contributed by atoms with Crippen LogP contribution in [0, 0.1) is 0 Å². The first-order chi connectivity index (χ1) is 22.3. The Balaban J connectivity index is 0.00000576. The molecule has 15 heteroatoms. The fourth-order valence-corrected chi connectivity index (χ4v) is 5.14. The minimum absolute atomic E-state index is 0. The van der Waals surface area contributed by atoms with E-state index >= 15 is 0 Å². The van der Waals surface area contributed by atoms with Gasteiger partial charge in [0, 0.05) is 123 Å². The van der Waals surface area contributed by atoms with Crippen LogP contribution in [-0.2, 0) is 72.9 Å². The Kier molecular flexibility index (Phi) is 22.0. The number of anilines is 1. The van der Waals surface area contributed by atoms with Gasteiger partial charge in [0.05, 0.1) is 13.2 Å². The van der Waals surface area contributed by atoms with E-state index in [9.17, 15) is 19.2 Å². The molecule has 0 aliphatic heterocycles. The molecule has 4 N–H and O–H groups in total. The quantitative estimate of drug-likeness (QED) is 0.148. The Labute approximate surface area is 308 Å². The maximum absolute atomic E-state index is 13.2. The summed E-state index contributed by atoms with van der Waals surface area (Å²) in [7, 11) is 3.26. The van der Waals surface area contributed by atoms with E-state index in [0.29, 0.717) is 76.0 Å². The summed E-state index contributed by atoms with van der Waals surface area (Å²) >= 11 is 0. The second kappa shape index (κ2) is 24.4. The van der Waals surface area contributed by atoms with Crippen molar-refractivity contribution in [3.63, 3.8) is 0 Å². The SMILES string of the molecule is COCCCOCCNC(=O)CCCC(=O)Nc1ccc2c(c1)C(COC([NH-])=O)c1cccc(C(=O)NCCOCCCOC)c1-2.[V].[W]. The van der Waals surface area contributed by atoms with Gasteiger partial charge in [-0.25, -0.2) is 0 Å². The van der Waals surface area contributed by atoms with Crippen LogP contribution in [0.1, 0.15) is 59.5 Å². The second-order valence-corrected chi connectivity index (χ2v) is 10.6. The molecule has 263 valence electrons. The first-order valence-corrected chi connectivity index (χ1v) is 15.5. The van der Waals surface area contributed by atoms with Gasteiger partial charge >= 0.3 is 0 Å². The van der Waals surface area contributed by atoms with Crippen LogP contribution in [0.25, 0.3) is 16.9 Å². The third-order valence-electron chi connectivity index (χ3n) is 7.26. The molecule has 0 spiro atoms. The first kappa shape index (κ1) is 43.3. The molecule has 3 rings (SSSR count). The van der Waals surface area contributed by atoms with Gasteiger partial charge in [-0.3, -0.25) is 19.2 Å². The molecule has 1 unspecified atom stereocenters. The summed E-state index contributed by atoms with van der Waals surface area (Å²) in [6.07, 6.45) is 1.14. The van der Waals surface area contributed by atoms with Crippen molar-refractivity contribution in [2.45, 2.75) is 38.0 Å². The van der Waals surface area contributed by atoms with Crippen LogP contribution in [-0.4, -0.2) is 97.4 Å². The third-order valence-corrected chi connectivity index (χ3v) is 7.26. The number of hydrogen-bond donors (Lipinski definition) is 3. The zero-order valence-corrected chi connectivity index (χ0v) is 31.8. The molecule has 0 saturated heterocycles. The van der Waals surface area contributed by atoms with E-state index in [-0.39, 0.29) is 76.8 Å². The van der Waals surface area contributed by atoms with Crippen molar-refractivity contribution >= 4 is 29.5 Å². The molecule has 4 amide bonds. The Morgan fingerprint density at radius 2 is 1.42 bits per heavy atom. The average molecular weight is 877 g/mol. The molecule has 2 aromatic rings. The molecule has 0 fully saturated rings. The van der Waals surface area contributed by atoms with E-state index in [1.54, 1.807) is 38.5 Å². The van der Waals surface area contributed by atoms with Crippen LogP contribution in [0.3, 0.4) is 0 Å². The molecular weight excluding hydrogens is 831 g/mol. The van der Waals surface area contributed by atoms with Gasteiger partial charge in [0.25, 0.3) is 5.91 Å². The average Bonchev–Trinajstić information content (AvgIpc) is 3.35. The second-order valence-electron chi connectivity index (χ2n) is 10.6. The Morgan fingerprint density at radius 1 is 0.771 bits per heavy atom. The summed E-state index contributed by atoms with van der Waals surface area (Å²) in [6, 6.07) is 10.7. The van der Waals surface area contributed by atoms with E-state index in [1.807, 2.05) is 12.1 Å². The minimum Gasteiger partial charge on any atom is -0.632 e. The molecule has 0 bridgehead atoms. The maximum atomic E-state index is 13.2. The molecular formula is C33H45N4O9VW-. The third kappa shape index (κ3) is 14.4. The minimum atomic E-state index is -1.16. The van der Waals surface area contributed by atoms with Gasteiger partial charge in [0.2, 0.25) is 17.9 Å². The number of nitrogens with one attached hydrogen (secondary N) is 4. The smallest absolute Gasteiger partial charge is 0.252 e.